The molecular weight excluding hydrogens is 204 g/mol. The van der Waals surface area contributed by atoms with Gasteiger partial charge >= 0.3 is 0 Å². The highest BCUT2D eigenvalue weighted by atomic mass is 35.5. The fourth-order valence-corrected chi connectivity index (χ4v) is 1.11. The number of hydrogen-bond acceptors (Lipinski definition) is 6. The minimum Gasteiger partial charge on any atom is -0.394 e. The molecule has 7 heteroatoms. The number of halogens is 1. The van der Waals surface area contributed by atoms with E-state index in [0.29, 0.717) is 0 Å². The van der Waals surface area contributed by atoms with Crippen molar-refractivity contribution in [3.05, 3.63) is 0 Å². The summed E-state index contributed by atoms with van der Waals surface area (Å²) in [6.07, 6.45) is -6.75. The number of hydrogen-bond donors (Lipinski definition) is 5. The van der Waals surface area contributed by atoms with Gasteiger partial charge in [-0.3, -0.25) is 0 Å². The minimum atomic E-state index is -1.51. The van der Waals surface area contributed by atoms with Crippen LogP contribution in [0, 0.1) is 0 Å². The van der Waals surface area contributed by atoms with Gasteiger partial charge in [-0.15, -0.1) is 12.4 Å². The van der Waals surface area contributed by atoms with Crippen LogP contribution in [0.15, 0.2) is 0 Å². The molecule has 5 atom stereocenters. The van der Waals surface area contributed by atoms with Crippen LogP contribution in [0.1, 0.15) is 0 Å². The third kappa shape index (κ3) is 2.50. The zero-order valence-electron chi connectivity index (χ0n) is 6.65. The maximum atomic E-state index is 9.12. The van der Waals surface area contributed by atoms with Crippen LogP contribution >= 0.6 is 12.4 Å². The van der Waals surface area contributed by atoms with Gasteiger partial charge in [-0.2, -0.15) is 0 Å². The molecule has 13 heavy (non-hydrogen) atoms. The van der Waals surface area contributed by atoms with Crippen molar-refractivity contribution in [2.24, 2.45) is 0 Å². The maximum absolute atomic E-state index is 9.12. The molecule has 0 unspecified atom stereocenters. The summed E-state index contributed by atoms with van der Waals surface area (Å²) in [4.78, 5) is 0. The molecule has 1 aliphatic heterocycles. The highest BCUT2D eigenvalue weighted by Crippen LogP contribution is 2.21. The van der Waals surface area contributed by atoms with Crippen LogP contribution in [0.2, 0.25) is 0 Å². The van der Waals surface area contributed by atoms with Crippen molar-refractivity contribution < 1.29 is 30.3 Å². The largest absolute Gasteiger partial charge is 0.394 e. The molecule has 6 nitrogen and oxygen atoms in total. The predicted octanol–water partition coefficient (Wildman–Crippen LogP) is -2.80. The first-order valence-electron chi connectivity index (χ1n) is 3.56. The van der Waals surface area contributed by atoms with Gasteiger partial charge in [0.1, 0.15) is 24.4 Å². The van der Waals surface area contributed by atoms with Gasteiger partial charge in [0.2, 0.25) is 0 Å². The second-order valence-corrected chi connectivity index (χ2v) is 2.72. The Morgan fingerprint density at radius 1 is 1.15 bits per heavy atom. The smallest absolute Gasteiger partial charge is 0.184 e. The molecule has 0 aromatic rings. The Hall–Kier alpha value is 0.0500. The molecule has 1 fully saturated rings. The lowest BCUT2D eigenvalue weighted by Gasteiger charge is -2.18. The van der Waals surface area contributed by atoms with Gasteiger partial charge in [0.05, 0.1) is 6.61 Å². The Morgan fingerprint density at radius 3 is 2.00 bits per heavy atom. The fraction of sp³-hybridized carbons (Fsp3) is 1.00. The van der Waals surface area contributed by atoms with E-state index < -0.39 is 37.3 Å². The van der Waals surface area contributed by atoms with Gasteiger partial charge in [0.25, 0.3) is 0 Å². The topological polar surface area (TPSA) is 110 Å². The summed E-state index contributed by atoms with van der Waals surface area (Å²) in [5, 5.41) is 44.4. The van der Waals surface area contributed by atoms with Gasteiger partial charge in [-0.1, -0.05) is 0 Å². The van der Waals surface area contributed by atoms with Gasteiger partial charge in [-0.25, -0.2) is 0 Å². The molecule has 5 N–H and O–H groups in total. The Labute approximate surface area is 80.8 Å². The van der Waals surface area contributed by atoms with E-state index in [0.717, 1.165) is 0 Å². The average molecular weight is 217 g/mol. The second-order valence-electron chi connectivity index (χ2n) is 2.72. The monoisotopic (exact) mass is 216 g/mol. The van der Waals surface area contributed by atoms with Crippen LogP contribution < -0.4 is 0 Å². The first-order chi connectivity index (χ1) is 5.57. The van der Waals surface area contributed by atoms with Crippen molar-refractivity contribution in [3.8, 4) is 0 Å². The summed E-state index contributed by atoms with van der Waals surface area (Å²) in [6.45, 7) is -0.596. The molecule has 0 radical (unpaired) electrons. The summed E-state index contributed by atoms with van der Waals surface area (Å²) in [6, 6.07) is 0. The Bertz CT molecular complexity index is 156. The third-order valence-corrected chi connectivity index (χ3v) is 1.84. The predicted molar refractivity (Wildman–Crippen MR) is 43.2 cm³/mol. The van der Waals surface area contributed by atoms with Crippen LogP contribution in [-0.2, 0) is 4.74 Å². The Balaban J connectivity index is 0.00000144. The van der Waals surface area contributed by atoms with Crippen LogP contribution in [0.4, 0.5) is 0 Å². The van der Waals surface area contributed by atoms with Gasteiger partial charge in [0.15, 0.2) is 6.29 Å². The van der Waals surface area contributed by atoms with Crippen LogP contribution in [0.3, 0.4) is 0 Å². The normalized spacial score (nSPS) is 41.3. The summed E-state index contributed by atoms with van der Waals surface area (Å²) < 4.78 is 4.58. The molecule has 1 heterocycles. The number of aliphatic hydroxyl groups is 5. The van der Waals surface area contributed by atoms with Crippen molar-refractivity contribution in [1.82, 2.24) is 0 Å². The Kier molecular flexibility index (Phi) is 5.08. The van der Waals surface area contributed by atoms with E-state index in [-0.39, 0.29) is 12.4 Å². The quantitative estimate of drug-likeness (QED) is 0.341. The van der Waals surface area contributed by atoms with E-state index in [2.05, 4.69) is 4.74 Å². The molecule has 0 spiro atoms. The standard InChI is InChI=1S/C6H12O6.ClH/c7-1-2(8)5-3(9)4(10)6(11)12-5;/h2-11H,1H2;1H/t2-,3+,4+,5+,6-;/m0./s1. The van der Waals surface area contributed by atoms with Gasteiger partial charge < -0.3 is 30.3 Å². The molecule has 1 saturated heterocycles. The molecule has 0 aliphatic carbocycles. The van der Waals surface area contributed by atoms with E-state index in [1.54, 1.807) is 0 Å². The molecular formula is C6H13ClO6. The van der Waals surface area contributed by atoms with E-state index in [9.17, 15) is 0 Å². The summed E-state index contributed by atoms with van der Waals surface area (Å²) in [7, 11) is 0. The minimum absolute atomic E-state index is 0. The molecule has 1 aliphatic rings. The first kappa shape index (κ1) is 13.1. The van der Waals surface area contributed by atoms with Crippen molar-refractivity contribution >= 4 is 12.4 Å². The SMILES string of the molecule is Cl.OC[C@H](O)[C@H]1O[C@H](O)[C@H](O)[C@H]1O. The van der Waals surface area contributed by atoms with Crippen molar-refractivity contribution in [1.29, 1.82) is 0 Å². The third-order valence-electron chi connectivity index (χ3n) is 1.84. The van der Waals surface area contributed by atoms with Crippen LogP contribution in [0.25, 0.3) is 0 Å². The highest BCUT2D eigenvalue weighted by molar-refractivity contribution is 5.85. The lowest BCUT2D eigenvalue weighted by molar-refractivity contribution is -0.150. The van der Waals surface area contributed by atoms with E-state index >= 15 is 0 Å². The number of aliphatic hydroxyl groups excluding tert-OH is 5. The van der Waals surface area contributed by atoms with Gasteiger partial charge in [-0.05, 0) is 0 Å². The van der Waals surface area contributed by atoms with Crippen molar-refractivity contribution in [2.45, 2.75) is 30.7 Å². The molecule has 0 amide bonds. The molecule has 0 bridgehead atoms. The summed E-state index contributed by atoms with van der Waals surface area (Å²) >= 11 is 0. The molecule has 0 aromatic heterocycles. The highest BCUT2D eigenvalue weighted by Gasteiger charge is 2.44. The summed E-state index contributed by atoms with van der Waals surface area (Å²) in [5.41, 5.74) is 0. The van der Waals surface area contributed by atoms with Crippen LogP contribution in [0.5, 0.6) is 0 Å². The lowest BCUT2D eigenvalue weighted by Crippen LogP contribution is -2.40. The number of ether oxygens (including phenoxy) is 1. The molecule has 80 valence electrons. The second kappa shape index (κ2) is 5.06. The zero-order chi connectivity index (χ0) is 9.30. The molecule has 1 rings (SSSR count). The lowest BCUT2D eigenvalue weighted by atomic mass is 10.1. The first-order valence-corrected chi connectivity index (χ1v) is 3.56. The summed E-state index contributed by atoms with van der Waals surface area (Å²) in [5.74, 6) is 0. The zero-order valence-corrected chi connectivity index (χ0v) is 7.46. The number of rotatable bonds is 2. The van der Waals surface area contributed by atoms with Crippen molar-refractivity contribution in [2.75, 3.05) is 6.61 Å². The van der Waals surface area contributed by atoms with Crippen LogP contribution in [-0.4, -0.2) is 62.8 Å². The maximum Gasteiger partial charge on any atom is 0.184 e. The molecule has 0 saturated carbocycles. The van der Waals surface area contributed by atoms with Gasteiger partial charge in [0, 0.05) is 0 Å². The molecule has 0 aromatic carbocycles. The van der Waals surface area contributed by atoms with Crippen molar-refractivity contribution in [3.63, 3.8) is 0 Å². The van der Waals surface area contributed by atoms with E-state index in [4.69, 9.17) is 25.5 Å². The average Bonchev–Trinajstić information content (AvgIpc) is 2.32. The van der Waals surface area contributed by atoms with E-state index in [1.165, 1.54) is 0 Å². The Morgan fingerprint density at radius 2 is 1.69 bits per heavy atom. The fourth-order valence-electron chi connectivity index (χ4n) is 1.11. The van der Waals surface area contributed by atoms with E-state index in [1.807, 2.05) is 0 Å².